The molecule has 0 amide bonds. The number of nitrogens with zero attached hydrogens (tertiary/aromatic N) is 2. The second-order valence-electron chi connectivity index (χ2n) is 6.28. The average molecular weight is 402 g/mol. The van der Waals surface area contributed by atoms with Gasteiger partial charge in [0.2, 0.25) is 0 Å². The third kappa shape index (κ3) is 4.50. The summed E-state index contributed by atoms with van der Waals surface area (Å²) >= 11 is 4.88. The van der Waals surface area contributed by atoms with Gasteiger partial charge in [-0.15, -0.1) is 0 Å². The minimum Gasteiger partial charge on any atom is -0.457 e. The quantitative estimate of drug-likeness (QED) is 0.292. The van der Waals surface area contributed by atoms with Crippen LogP contribution in [0.25, 0.3) is 22.8 Å². The van der Waals surface area contributed by atoms with Gasteiger partial charge in [0, 0.05) is 22.5 Å². The number of nitrogens with one attached hydrogen (secondary N) is 2. The van der Waals surface area contributed by atoms with Crippen LogP contribution in [-0.4, -0.2) is 20.3 Å². The Labute approximate surface area is 172 Å². The molecule has 0 radical (unpaired) electrons. The van der Waals surface area contributed by atoms with Gasteiger partial charge in [-0.25, -0.2) is 4.98 Å². The van der Waals surface area contributed by atoms with Crippen molar-refractivity contribution in [2.24, 2.45) is 5.73 Å². The first-order valence-electron chi connectivity index (χ1n) is 8.80. The highest BCUT2D eigenvalue weighted by Gasteiger charge is 2.10. The molecule has 6 N–H and O–H groups in total. The van der Waals surface area contributed by atoms with E-state index in [2.05, 4.69) is 20.5 Å². The van der Waals surface area contributed by atoms with Crippen molar-refractivity contribution in [1.29, 1.82) is 0 Å². The Bertz CT molecular complexity index is 1160. The number of aromatic amines is 1. The van der Waals surface area contributed by atoms with Crippen molar-refractivity contribution in [2.75, 3.05) is 11.1 Å². The SMILES string of the molecule is NC(=S)Nc1cccc(-c2n[nH]c(-c3cccc(Oc4ccc(N)cc4)c3)n2)c1. The van der Waals surface area contributed by atoms with Crippen LogP contribution in [0.15, 0.2) is 72.8 Å². The van der Waals surface area contributed by atoms with Crippen LogP contribution in [0.1, 0.15) is 0 Å². The van der Waals surface area contributed by atoms with Crippen LogP contribution in [0.4, 0.5) is 11.4 Å². The Kier molecular flexibility index (Phi) is 5.08. The molecule has 0 bridgehead atoms. The van der Waals surface area contributed by atoms with Crippen LogP contribution in [0.3, 0.4) is 0 Å². The number of thiocarbonyl (C=S) groups is 1. The van der Waals surface area contributed by atoms with Crippen molar-refractivity contribution in [3.05, 3.63) is 72.8 Å². The van der Waals surface area contributed by atoms with Crippen molar-refractivity contribution >= 4 is 28.7 Å². The summed E-state index contributed by atoms with van der Waals surface area (Å²) in [7, 11) is 0. The van der Waals surface area contributed by atoms with Crippen LogP contribution >= 0.6 is 12.2 Å². The number of H-pyrrole nitrogens is 1. The maximum Gasteiger partial charge on any atom is 0.181 e. The van der Waals surface area contributed by atoms with E-state index in [4.69, 9.17) is 28.4 Å². The highest BCUT2D eigenvalue weighted by atomic mass is 32.1. The number of aromatic nitrogens is 3. The predicted molar refractivity (Wildman–Crippen MR) is 119 cm³/mol. The lowest BCUT2D eigenvalue weighted by atomic mass is 10.2. The van der Waals surface area contributed by atoms with E-state index < -0.39 is 0 Å². The van der Waals surface area contributed by atoms with Crippen LogP contribution in [0.5, 0.6) is 11.5 Å². The van der Waals surface area contributed by atoms with Crippen LogP contribution in [-0.2, 0) is 0 Å². The molecular formula is C21H18N6OS. The number of ether oxygens (including phenoxy) is 1. The minimum atomic E-state index is 0.204. The fourth-order valence-electron chi connectivity index (χ4n) is 2.78. The zero-order valence-corrected chi connectivity index (χ0v) is 16.1. The maximum absolute atomic E-state index is 5.89. The van der Waals surface area contributed by atoms with Gasteiger partial charge >= 0.3 is 0 Å². The van der Waals surface area contributed by atoms with E-state index in [0.717, 1.165) is 16.8 Å². The van der Waals surface area contributed by atoms with Crippen molar-refractivity contribution in [3.8, 4) is 34.3 Å². The van der Waals surface area contributed by atoms with Gasteiger partial charge in [-0.2, -0.15) is 5.10 Å². The molecule has 0 unspecified atom stereocenters. The number of nitrogens with two attached hydrogens (primary N) is 2. The van der Waals surface area contributed by atoms with Gasteiger partial charge in [-0.1, -0.05) is 24.3 Å². The number of hydrogen-bond acceptors (Lipinski definition) is 5. The highest BCUT2D eigenvalue weighted by molar-refractivity contribution is 7.80. The highest BCUT2D eigenvalue weighted by Crippen LogP contribution is 2.27. The van der Waals surface area contributed by atoms with Crippen molar-refractivity contribution in [3.63, 3.8) is 0 Å². The van der Waals surface area contributed by atoms with Crippen LogP contribution in [0.2, 0.25) is 0 Å². The van der Waals surface area contributed by atoms with E-state index in [-0.39, 0.29) is 5.11 Å². The van der Waals surface area contributed by atoms with E-state index in [9.17, 15) is 0 Å². The number of rotatable bonds is 5. The Balaban J connectivity index is 1.57. The first-order chi connectivity index (χ1) is 14.1. The number of nitrogen functional groups attached to an aromatic ring is 1. The number of anilines is 2. The predicted octanol–water partition coefficient (Wildman–Crippen LogP) is 4.17. The molecule has 0 aliphatic rings. The summed E-state index contributed by atoms with van der Waals surface area (Å²) in [4.78, 5) is 4.60. The molecule has 0 saturated carbocycles. The summed E-state index contributed by atoms with van der Waals surface area (Å²) in [6.07, 6.45) is 0. The monoisotopic (exact) mass is 402 g/mol. The molecule has 3 aromatic carbocycles. The molecule has 0 atom stereocenters. The van der Waals surface area contributed by atoms with Crippen LogP contribution < -0.4 is 21.5 Å². The summed E-state index contributed by atoms with van der Waals surface area (Å²) < 4.78 is 5.89. The summed E-state index contributed by atoms with van der Waals surface area (Å²) in [5.74, 6) is 2.59. The smallest absolute Gasteiger partial charge is 0.181 e. The van der Waals surface area contributed by atoms with Gasteiger partial charge in [-0.05, 0) is 60.7 Å². The van der Waals surface area contributed by atoms with Gasteiger partial charge < -0.3 is 21.5 Å². The first kappa shape index (κ1) is 18.5. The molecule has 144 valence electrons. The van der Waals surface area contributed by atoms with E-state index in [0.29, 0.717) is 28.8 Å². The molecule has 0 aliphatic heterocycles. The lowest BCUT2D eigenvalue weighted by molar-refractivity contribution is 0.483. The van der Waals surface area contributed by atoms with E-state index in [1.807, 2.05) is 60.7 Å². The van der Waals surface area contributed by atoms with Gasteiger partial charge in [0.1, 0.15) is 11.5 Å². The minimum absolute atomic E-state index is 0.204. The van der Waals surface area contributed by atoms with Gasteiger partial charge in [-0.3, -0.25) is 5.10 Å². The standard InChI is InChI=1S/C21H18N6OS/c22-15-7-9-17(10-8-15)28-18-6-2-4-14(12-18)20-25-19(26-27-20)13-3-1-5-16(11-13)24-21(23)29/h1-12H,22H2,(H3,23,24,29)(H,25,26,27). The summed E-state index contributed by atoms with van der Waals surface area (Å²) in [5, 5.41) is 10.4. The third-order valence-corrected chi connectivity index (χ3v) is 4.20. The van der Waals surface area contributed by atoms with Crippen molar-refractivity contribution in [1.82, 2.24) is 15.2 Å². The normalized spacial score (nSPS) is 10.5. The zero-order valence-electron chi connectivity index (χ0n) is 15.3. The van der Waals surface area contributed by atoms with Crippen molar-refractivity contribution < 1.29 is 4.74 Å². The summed E-state index contributed by atoms with van der Waals surface area (Å²) in [6.45, 7) is 0. The Hall–Kier alpha value is -3.91. The molecule has 4 rings (SSSR count). The number of benzene rings is 3. The van der Waals surface area contributed by atoms with Gasteiger partial charge in [0.25, 0.3) is 0 Å². The average Bonchev–Trinajstić information content (AvgIpc) is 3.20. The van der Waals surface area contributed by atoms with Gasteiger partial charge in [0.15, 0.2) is 16.8 Å². The second kappa shape index (κ2) is 7.99. The largest absolute Gasteiger partial charge is 0.457 e. The molecule has 0 aliphatic carbocycles. The molecule has 0 fully saturated rings. The molecule has 4 aromatic rings. The fraction of sp³-hybridized carbons (Fsp3) is 0. The summed E-state index contributed by atoms with van der Waals surface area (Å²) in [6, 6.07) is 22.4. The van der Waals surface area contributed by atoms with Crippen LogP contribution in [0, 0.1) is 0 Å². The Morgan fingerprint density at radius 2 is 1.69 bits per heavy atom. The van der Waals surface area contributed by atoms with E-state index >= 15 is 0 Å². The van der Waals surface area contributed by atoms with Gasteiger partial charge in [0.05, 0.1) is 0 Å². The Morgan fingerprint density at radius 3 is 2.48 bits per heavy atom. The lowest BCUT2D eigenvalue weighted by Crippen LogP contribution is -2.18. The molecule has 0 saturated heterocycles. The molecule has 7 nitrogen and oxygen atoms in total. The van der Waals surface area contributed by atoms with Crippen molar-refractivity contribution in [2.45, 2.75) is 0 Å². The van der Waals surface area contributed by atoms with E-state index in [1.54, 1.807) is 12.1 Å². The van der Waals surface area contributed by atoms with E-state index in [1.165, 1.54) is 0 Å². The summed E-state index contributed by atoms with van der Waals surface area (Å²) in [5.41, 5.74) is 14.4. The zero-order chi connectivity index (χ0) is 20.2. The topological polar surface area (TPSA) is 115 Å². The third-order valence-electron chi connectivity index (χ3n) is 4.10. The fourth-order valence-corrected chi connectivity index (χ4v) is 2.89. The molecule has 29 heavy (non-hydrogen) atoms. The molecule has 1 heterocycles. The molecule has 0 spiro atoms. The maximum atomic E-state index is 5.89. The first-order valence-corrected chi connectivity index (χ1v) is 9.21. The second-order valence-corrected chi connectivity index (χ2v) is 6.72. The number of hydrogen-bond donors (Lipinski definition) is 4. The molecule has 8 heteroatoms. The Morgan fingerprint density at radius 1 is 0.931 bits per heavy atom. The lowest BCUT2D eigenvalue weighted by Gasteiger charge is -2.07. The molecular weight excluding hydrogens is 384 g/mol. The molecule has 1 aromatic heterocycles.